The molecule has 2 unspecified atom stereocenters. The molecule has 2 rings (SSSR count). The molecule has 0 fully saturated rings. The molecule has 0 aliphatic carbocycles. The minimum absolute atomic E-state index is 0.0815. The summed E-state index contributed by atoms with van der Waals surface area (Å²) in [5.74, 6) is 0.720. The number of aryl methyl sites for hydroxylation is 1. The number of ether oxygens (including phenoxy) is 1. The van der Waals surface area contributed by atoms with Gasteiger partial charge in [0.2, 0.25) is 0 Å². The van der Waals surface area contributed by atoms with E-state index in [-0.39, 0.29) is 12.1 Å². The molecule has 2 N–H and O–H groups in total. The molecule has 0 amide bonds. The SMILES string of the molecule is Cc1ccc(C(Oc2cncc(Br)c2)C(C)N)s1. The fraction of sp³-hybridized carbons (Fsp3) is 0.308. The van der Waals surface area contributed by atoms with Crippen LogP contribution in [-0.4, -0.2) is 11.0 Å². The smallest absolute Gasteiger partial charge is 0.148 e. The van der Waals surface area contributed by atoms with Crippen LogP contribution in [0.1, 0.15) is 22.8 Å². The third-order valence-corrected chi connectivity index (χ3v) is 3.96. The van der Waals surface area contributed by atoms with Gasteiger partial charge in [-0.05, 0) is 48.0 Å². The van der Waals surface area contributed by atoms with Crippen molar-refractivity contribution in [2.24, 2.45) is 5.73 Å². The number of pyridine rings is 1. The summed E-state index contributed by atoms with van der Waals surface area (Å²) in [7, 11) is 0. The Morgan fingerprint density at radius 2 is 2.17 bits per heavy atom. The summed E-state index contributed by atoms with van der Waals surface area (Å²) in [6.07, 6.45) is 3.28. The van der Waals surface area contributed by atoms with Crippen molar-refractivity contribution in [2.45, 2.75) is 26.0 Å². The average Bonchev–Trinajstić information content (AvgIpc) is 2.72. The van der Waals surface area contributed by atoms with Crippen LogP contribution in [0.5, 0.6) is 5.75 Å². The van der Waals surface area contributed by atoms with Crippen LogP contribution >= 0.6 is 27.3 Å². The van der Waals surface area contributed by atoms with Crippen molar-refractivity contribution in [3.63, 3.8) is 0 Å². The van der Waals surface area contributed by atoms with Crippen molar-refractivity contribution in [3.05, 3.63) is 44.8 Å². The zero-order valence-corrected chi connectivity index (χ0v) is 12.7. The van der Waals surface area contributed by atoms with Crippen LogP contribution in [0.25, 0.3) is 0 Å². The number of thiophene rings is 1. The van der Waals surface area contributed by atoms with E-state index in [2.05, 4.69) is 40.0 Å². The summed E-state index contributed by atoms with van der Waals surface area (Å²) in [5.41, 5.74) is 6.01. The van der Waals surface area contributed by atoms with E-state index in [1.807, 2.05) is 13.0 Å². The molecule has 0 bridgehead atoms. The number of hydrogen-bond acceptors (Lipinski definition) is 4. The Hall–Kier alpha value is -0.910. The second-order valence-corrected chi connectivity index (χ2v) is 6.42. The van der Waals surface area contributed by atoms with Crippen LogP contribution < -0.4 is 10.5 Å². The van der Waals surface area contributed by atoms with Crippen LogP contribution in [0.2, 0.25) is 0 Å². The second kappa shape index (κ2) is 5.82. The molecule has 18 heavy (non-hydrogen) atoms. The van der Waals surface area contributed by atoms with Gasteiger partial charge in [0.1, 0.15) is 11.9 Å². The largest absolute Gasteiger partial charge is 0.482 e. The van der Waals surface area contributed by atoms with Crippen LogP contribution in [-0.2, 0) is 0 Å². The highest BCUT2D eigenvalue weighted by molar-refractivity contribution is 9.10. The van der Waals surface area contributed by atoms with Gasteiger partial charge in [0.15, 0.2) is 0 Å². The number of aromatic nitrogens is 1. The van der Waals surface area contributed by atoms with E-state index in [1.165, 1.54) is 4.88 Å². The molecule has 0 saturated heterocycles. The minimum Gasteiger partial charge on any atom is -0.482 e. The van der Waals surface area contributed by atoms with E-state index in [4.69, 9.17) is 10.5 Å². The van der Waals surface area contributed by atoms with Gasteiger partial charge in [-0.3, -0.25) is 4.98 Å². The van der Waals surface area contributed by atoms with E-state index in [1.54, 1.807) is 23.7 Å². The average molecular weight is 327 g/mol. The van der Waals surface area contributed by atoms with E-state index in [9.17, 15) is 0 Å². The van der Waals surface area contributed by atoms with Gasteiger partial charge in [-0.15, -0.1) is 11.3 Å². The summed E-state index contributed by atoms with van der Waals surface area (Å²) in [6.45, 7) is 4.03. The van der Waals surface area contributed by atoms with Gasteiger partial charge in [0.25, 0.3) is 0 Å². The summed E-state index contributed by atoms with van der Waals surface area (Å²) < 4.78 is 6.84. The molecule has 2 aromatic heterocycles. The molecule has 0 aromatic carbocycles. The Kier molecular flexibility index (Phi) is 4.37. The van der Waals surface area contributed by atoms with Crippen molar-refractivity contribution in [1.29, 1.82) is 0 Å². The standard InChI is InChI=1S/C13H15BrN2OS/c1-8-3-4-12(18-8)13(9(2)15)17-11-5-10(14)6-16-7-11/h3-7,9,13H,15H2,1-2H3. The highest BCUT2D eigenvalue weighted by Gasteiger charge is 2.20. The van der Waals surface area contributed by atoms with Crippen molar-refractivity contribution < 1.29 is 4.74 Å². The van der Waals surface area contributed by atoms with E-state index < -0.39 is 0 Å². The van der Waals surface area contributed by atoms with E-state index in [0.717, 1.165) is 15.1 Å². The molecule has 0 radical (unpaired) electrons. The van der Waals surface area contributed by atoms with Crippen molar-refractivity contribution in [1.82, 2.24) is 4.98 Å². The first-order valence-electron chi connectivity index (χ1n) is 5.65. The molecule has 2 heterocycles. The summed E-state index contributed by atoms with van der Waals surface area (Å²) in [5, 5.41) is 0. The number of rotatable bonds is 4. The van der Waals surface area contributed by atoms with Crippen molar-refractivity contribution in [3.8, 4) is 5.75 Å². The molecule has 3 nitrogen and oxygen atoms in total. The zero-order valence-electron chi connectivity index (χ0n) is 10.3. The van der Waals surface area contributed by atoms with Gasteiger partial charge in [-0.2, -0.15) is 0 Å². The molecule has 96 valence electrons. The maximum atomic E-state index is 6.01. The number of hydrogen-bond donors (Lipinski definition) is 1. The summed E-state index contributed by atoms with van der Waals surface area (Å²) >= 11 is 5.09. The Balaban J connectivity index is 2.22. The topological polar surface area (TPSA) is 48.1 Å². The first kappa shape index (κ1) is 13.5. The van der Waals surface area contributed by atoms with Gasteiger partial charge in [-0.1, -0.05) is 0 Å². The fourth-order valence-corrected chi connectivity index (χ4v) is 3.00. The molecule has 2 atom stereocenters. The first-order chi connectivity index (χ1) is 8.56. The summed E-state index contributed by atoms with van der Waals surface area (Å²) in [6, 6.07) is 5.96. The van der Waals surface area contributed by atoms with Gasteiger partial charge < -0.3 is 10.5 Å². The fourth-order valence-electron chi connectivity index (χ4n) is 1.63. The summed E-state index contributed by atoms with van der Waals surface area (Å²) in [4.78, 5) is 6.48. The van der Waals surface area contributed by atoms with Crippen LogP contribution in [0.3, 0.4) is 0 Å². The number of halogens is 1. The van der Waals surface area contributed by atoms with Crippen LogP contribution in [0, 0.1) is 6.92 Å². The predicted molar refractivity (Wildman–Crippen MR) is 78.0 cm³/mol. The van der Waals surface area contributed by atoms with Gasteiger partial charge in [0, 0.05) is 26.5 Å². The molecule has 0 aliphatic rings. The lowest BCUT2D eigenvalue weighted by atomic mass is 10.1. The maximum absolute atomic E-state index is 6.01. The molecule has 0 saturated carbocycles. The highest BCUT2D eigenvalue weighted by atomic mass is 79.9. The maximum Gasteiger partial charge on any atom is 0.148 e. The zero-order chi connectivity index (χ0) is 13.1. The molecule has 5 heteroatoms. The first-order valence-corrected chi connectivity index (χ1v) is 7.26. The van der Waals surface area contributed by atoms with E-state index in [0.29, 0.717) is 0 Å². The van der Waals surface area contributed by atoms with Gasteiger partial charge in [-0.25, -0.2) is 0 Å². The third kappa shape index (κ3) is 3.31. The monoisotopic (exact) mass is 326 g/mol. The molecular weight excluding hydrogens is 312 g/mol. The predicted octanol–water partition coefficient (Wildman–Crippen LogP) is 3.68. The van der Waals surface area contributed by atoms with Crippen LogP contribution in [0.15, 0.2) is 35.1 Å². The van der Waals surface area contributed by atoms with Gasteiger partial charge in [0.05, 0.1) is 6.20 Å². The molecule has 0 spiro atoms. The molecular formula is C13H15BrN2OS. The Bertz CT molecular complexity index is 527. The van der Waals surface area contributed by atoms with Crippen molar-refractivity contribution >= 4 is 27.3 Å². The van der Waals surface area contributed by atoms with Gasteiger partial charge >= 0.3 is 0 Å². The Morgan fingerprint density at radius 3 is 2.72 bits per heavy atom. The quantitative estimate of drug-likeness (QED) is 0.932. The van der Waals surface area contributed by atoms with Crippen LogP contribution in [0.4, 0.5) is 0 Å². The van der Waals surface area contributed by atoms with E-state index >= 15 is 0 Å². The molecule has 2 aromatic rings. The lowest BCUT2D eigenvalue weighted by Gasteiger charge is -2.21. The normalized spacial score (nSPS) is 14.2. The highest BCUT2D eigenvalue weighted by Crippen LogP contribution is 2.29. The second-order valence-electron chi connectivity index (χ2n) is 4.18. The number of nitrogens with two attached hydrogens (primary N) is 1. The number of nitrogens with zero attached hydrogens (tertiary/aromatic N) is 1. The van der Waals surface area contributed by atoms with Crippen molar-refractivity contribution in [2.75, 3.05) is 0 Å². The Morgan fingerprint density at radius 1 is 1.39 bits per heavy atom. The third-order valence-electron chi connectivity index (χ3n) is 2.46. The molecule has 0 aliphatic heterocycles. The lowest BCUT2D eigenvalue weighted by molar-refractivity contribution is 0.183. The minimum atomic E-state index is -0.139. The Labute approximate surface area is 119 Å². The lowest BCUT2D eigenvalue weighted by Crippen LogP contribution is -2.28.